The molecule has 4 heteroatoms. The maximum absolute atomic E-state index is 12.6. The molecular weight excluding hydrogens is 342 g/mol. The maximum atomic E-state index is 12.6. The van der Waals surface area contributed by atoms with Gasteiger partial charge in [0.25, 0.3) is 5.91 Å². The zero-order valence-electron chi connectivity index (χ0n) is 15.3. The Labute approximate surface area is 158 Å². The number of hydrogen-bond donors (Lipinski definition) is 1. The van der Waals surface area contributed by atoms with E-state index in [0.717, 1.165) is 32.5 Å². The van der Waals surface area contributed by atoms with Crippen molar-refractivity contribution >= 4 is 28.4 Å². The van der Waals surface area contributed by atoms with Gasteiger partial charge in [-0.15, -0.1) is 11.8 Å². The van der Waals surface area contributed by atoms with E-state index in [0.29, 0.717) is 11.8 Å². The Hall–Kier alpha value is -2.46. The predicted octanol–water partition coefficient (Wildman–Crippen LogP) is 5.28. The van der Waals surface area contributed by atoms with Gasteiger partial charge in [0.15, 0.2) is 0 Å². The largest absolute Gasteiger partial charge is 0.497 e. The zero-order chi connectivity index (χ0) is 18.5. The van der Waals surface area contributed by atoms with Crippen molar-refractivity contribution in [1.29, 1.82) is 0 Å². The first kappa shape index (κ1) is 18.3. The van der Waals surface area contributed by atoms with Crippen molar-refractivity contribution in [3.63, 3.8) is 0 Å². The van der Waals surface area contributed by atoms with Gasteiger partial charge >= 0.3 is 0 Å². The molecule has 3 aromatic carbocycles. The highest BCUT2D eigenvalue weighted by Gasteiger charge is 2.12. The van der Waals surface area contributed by atoms with Crippen molar-refractivity contribution in [3.8, 4) is 5.75 Å². The summed E-state index contributed by atoms with van der Waals surface area (Å²) in [5.41, 5.74) is 1.81. The Balaban J connectivity index is 1.73. The molecule has 0 atom stereocenters. The molecule has 3 aromatic rings. The van der Waals surface area contributed by atoms with Gasteiger partial charge < -0.3 is 10.1 Å². The van der Waals surface area contributed by atoms with Gasteiger partial charge in [-0.05, 0) is 46.7 Å². The van der Waals surface area contributed by atoms with Gasteiger partial charge in [-0.2, -0.15) is 0 Å². The summed E-state index contributed by atoms with van der Waals surface area (Å²) >= 11 is 1.71. The Morgan fingerprint density at radius 2 is 1.77 bits per heavy atom. The van der Waals surface area contributed by atoms with Crippen LogP contribution in [0.1, 0.15) is 29.8 Å². The summed E-state index contributed by atoms with van der Waals surface area (Å²) in [7, 11) is 1.67. The van der Waals surface area contributed by atoms with Gasteiger partial charge in [0.2, 0.25) is 0 Å². The van der Waals surface area contributed by atoms with Crippen molar-refractivity contribution in [1.82, 2.24) is 5.32 Å². The van der Waals surface area contributed by atoms with Crippen molar-refractivity contribution in [3.05, 3.63) is 71.8 Å². The number of methoxy groups -OCH3 is 1. The molecule has 0 aliphatic carbocycles. The highest BCUT2D eigenvalue weighted by molar-refractivity contribution is 8.00. The van der Waals surface area contributed by atoms with E-state index in [9.17, 15) is 4.79 Å². The first-order chi connectivity index (χ1) is 12.6. The average Bonchev–Trinajstić information content (AvgIpc) is 2.65. The first-order valence-corrected chi connectivity index (χ1v) is 9.55. The minimum absolute atomic E-state index is 0.0384. The van der Waals surface area contributed by atoms with Crippen molar-refractivity contribution in [2.75, 3.05) is 7.11 Å². The Kier molecular flexibility index (Phi) is 5.84. The van der Waals surface area contributed by atoms with Crippen LogP contribution in [-0.4, -0.2) is 18.3 Å². The number of nitrogens with one attached hydrogen (secondary N) is 1. The number of thioether (sulfide) groups is 1. The lowest BCUT2D eigenvalue weighted by atomic mass is 10.1. The smallest absolute Gasteiger partial charge is 0.252 e. The van der Waals surface area contributed by atoms with E-state index >= 15 is 0 Å². The van der Waals surface area contributed by atoms with Crippen LogP contribution >= 0.6 is 11.8 Å². The molecule has 0 aliphatic heterocycles. The van der Waals surface area contributed by atoms with E-state index in [1.165, 1.54) is 0 Å². The average molecular weight is 365 g/mol. The summed E-state index contributed by atoms with van der Waals surface area (Å²) in [5.74, 6) is 0.807. The van der Waals surface area contributed by atoms with E-state index in [1.807, 2.05) is 48.5 Å². The fourth-order valence-corrected chi connectivity index (χ4v) is 3.75. The van der Waals surface area contributed by atoms with Gasteiger partial charge in [0.1, 0.15) is 5.75 Å². The molecule has 134 valence electrons. The minimum Gasteiger partial charge on any atom is -0.497 e. The molecule has 0 heterocycles. The highest BCUT2D eigenvalue weighted by Crippen LogP contribution is 2.26. The van der Waals surface area contributed by atoms with Crippen LogP contribution < -0.4 is 10.1 Å². The highest BCUT2D eigenvalue weighted by atomic mass is 32.2. The molecule has 0 saturated carbocycles. The van der Waals surface area contributed by atoms with Gasteiger partial charge in [-0.1, -0.05) is 44.2 Å². The maximum Gasteiger partial charge on any atom is 0.252 e. The second kappa shape index (κ2) is 8.28. The molecule has 1 amide bonds. The molecule has 26 heavy (non-hydrogen) atoms. The fraction of sp³-hybridized carbons (Fsp3) is 0.227. The van der Waals surface area contributed by atoms with E-state index < -0.39 is 0 Å². The second-order valence-corrected chi connectivity index (χ2v) is 8.01. The summed E-state index contributed by atoms with van der Waals surface area (Å²) in [4.78, 5) is 13.6. The van der Waals surface area contributed by atoms with E-state index in [1.54, 1.807) is 18.9 Å². The van der Waals surface area contributed by atoms with Crippen LogP contribution in [0.4, 0.5) is 0 Å². The normalized spacial score (nSPS) is 10.9. The third-order valence-corrected chi connectivity index (χ3v) is 5.14. The predicted molar refractivity (Wildman–Crippen MR) is 109 cm³/mol. The molecule has 0 aromatic heterocycles. The molecule has 3 nitrogen and oxygen atoms in total. The van der Waals surface area contributed by atoms with Gasteiger partial charge in [-0.25, -0.2) is 0 Å². The van der Waals surface area contributed by atoms with Gasteiger partial charge in [0, 0.05) is 16.7 Å². The number of benzene rings is 3. The number of hydrogen-bond acceptors (Lipinski definition) is 3. The van der Waals surface area contributed by atoms with Crippen LogP contribution in [0.25, 0.3) is 10.8 Å². The summed E-state index contributed by atoms with van der Waals surface area (Å²) in [6.07, 6.45) is 0. The fourth-order valence-electron chi connectivity index (χ4n) is 2.80. The summed E-state index contributed by atoms with van der Waals surface area (Å²) in [6.45, 7) is 4.76. The monoisotopic (exact) mass is 365 g/mol. The third kappa shape index (κ3) is 4.38. The molecule has 0 saturated heterocycles. The first-order valence-electron chi connectivity index (χ1n) is 8.67. The van der Waals surface area contributed by atoms with Crippen LogP contribution in [0.15, 0.2) is 65.6 Å². The second-order valence-electron chi connectivity index (χ2n) is 6.39. The number of ether oxygens (including phenoxy) is 1. The van der Waals surface area contributed by atoms with Crippen molar-refractivity contribution < 1.29 is 9.53 Å². The number of carbonyl (C=O) groups is 1. The Morgan fingerprint density at radius 3 is 2.54 bits per heavy atom. The lowest BCUT2D eigenvalue weighted by Crippen LogP contribution is -2.23. The van der Waals surface area contributed by atoms with Gasteiger partial charge in [-0.3, -0.25) is 4.79 Å². The van der Waals surface area contributed by atoms with Crippen LogP contribution in [0.5, 0.6) is 5.75 Å². The lowest BCUT2D eigenvalue weighted by molar-refractivity contribution is 0.0948. The number of rotatable bonds is 6. The molecule has 0 unspecified atom stereocenters. The Bertz CT molecular complexity index is 921. The minimum atomic E-state index is -0.0384. The molecule has 0 aliphatic rings. The van der Waals surface area contributed by atoms with E-state index in [4.69, 9.17) is 4.74 Å². The van der Waals surface area contributed by atoms with E-state index in [2.05, 4.69) is 31.3 Å². The standard InChI is InChI=1S/C22H23NO2S/c1-15(2)26-21-7-5-4-6-20(21)22(24)23-14-16-8-9-18-13-19(25-3)11-10-17(18)12-16/h4-13,15H,14H2,1-3H3,(H,23,24). The summed E-state index contributed by atoms with van der Waals surface area (Å²) in [6, 6.07) is 20.0. The van der Waals surface area contributed by atoms with Crippen LogP contribution in [0, 0.1) is 0 Å². The van der Waals surface area contributed by atoms with Crippen LogP contribution in [0.2, 0.25) is 0 Å². The lowest BCUT2D eigenvalue weighted by Gasteiger charge is -2.12. The number of carbonyl (C=O) groups excluding carboxylic acids is 1. The SMILES string of the molecule is COc1ccc2cc(CNC(=O)c3ccccc3SC(C)C)ccc2c1. The van der Waals surface area contributed by atoms with Crippen molar-refractivity contribution in [2.24, 2.45) is 0 Å². The quantitative estimate of drug-likeness (QED) is 0.604. The summed E-state index contributed by atoms with van der Waals surface area (Å²) in [5, 5.41) is 5.73. The molecule has 1 N–H and O–H groups in total. The summed E-state index contributed by atoms with van der Waals surface area (Å²) < 4.78 is 5.26. The molecule has 3 rings (SSSR count). The van der Waals surface area contributed by atoms with Crippen LogP contribution in [-0.2, 0) is 6.54 Å². The third-order valence-electron chi connectivity index (χ3n) is 4.06. The molecule has 0 bridgehead atoms. The van der Waals surface area contributed by atoms with Crippen LogP contribution in [0.3, 0.4) is 0 Å². The zero-order valence-corrected chi connectivity index (χ0v) is 16.1. The Morgan fingerprint density at radius 1 is 1.04 bits per heavy atom. The molecule has 0 fully saturated rings. The van der Waals surface area contributed by atoms with Gasteiger partial charge in [0.05, 0.1) is 12.7 Å². The van der Waals surface area contributed by atoms with Crippen molar-refractivity contribution in [2.45, 2.75) is 30.5 Å². The van der Waals surface area contributed by atoms with E-state index in [-0.39, 0.29) is 5.91 Å². The topological polar surface area (TPSA) is 38.3 Å². The number of fused-ring (bicyclic) bond motifs is 1. The molecular formula is C22H23NO2S. The molecule has 0 radical (unpaired) electrons. The number of amides is 1. The molecule has 0 spiro atoms.